The number of rotatable bonds is 3. The normalized spacial score (nSPS) is 15.6. The second-order valence-corrected chi connectivity index (χ2v) is 6.34. The number of thiophene rings is 1. The Morgan fingerprint density at radius 1 is 1.56 bits per heavy atom. The lowest BCUT2D eigenvalue weighted by Crippen LogP contribution is -2.05. The molecule has 0 amide bonds. The van der Waals surface area contributed by atoms with Gasteiger partial charge in [0.25, 0.3) is 0 Å². The zero-order valence-corrected chi connectivity index (χ0v) is 11.0. The van der Waals surface area contributed by atoms with Gasteiger partial charge in [-0.25, -0.2) is 4.68 Å². The van der Waals surface area contributed by atoms with Crippen LogP contribution in [-0.2, 0) is 6.54 Å². The van der Waals surface area contributed by atoms with Gasteiger partial charge in [-0.05, 0) is 45.8 Å². The molecule has 0 bridgehead atoms. The van der Waals surface area contributed by atoms with E-state index in [4.69, 9.17) is 5.73 Å². The van der Waals surface area contributed by atoms with Crippen molar-refractivity contribution in [3.63, 3.8) is 0 Å². The molecule has 0 aromatic carbocycles. The Balaban J connectivity index is 1.89. The average Bonchev–Trinajstić information content (AvgIpc) is 2.91. The van der Waals surface area contributed by atoms with Crippen LogP contribution in [0, 0.1) is 0 Å². The first-order valence-electron chi connectivity index (χ1n) is 5.16. The van der Waals surface area contributed by atoms with Gasteiger partial charge in [-0.1, -0.05) is 5.21 Å². The summed E-state index contributed by atoms with van der Waals surface area (Å²) in [5, 5.41) is 10.2. The summed E-state index contributed by atoms with van der Waals surface area (Å²) in [7, 11) is 0. The molecule has 2 heterocycles. The van der Waals surface area contributed by atoms with Crippen LogP contribution >= 0.6 is 27.3 Å². The summed E-state index contributed by atoms with van der Waals surface area (Å²) in [4.78, 5) is 0. The molecule has 2 aromatic heterocycles. The van der Waals surface area contributed by atoms with Crippen molar-refractivity contribution in [2.45, 2.75) is 25.3 Å². The molecule has 84 valence electrons. The third kappa shape index (κ3) is 1.87. The van der Waals surface area contributed by atoms with Gasteiger partial charge < -0.3 is 5.73 Å². The molecule has 0 atom stereocenters. The predicted molar refractivity (Wildman–Crippen MR) is 67.5 cm³/mol. The zero-order valence-electron chi connectivity index (χ0n) is 8.56. The highest BCUT2D eigenvalue weighted by Crippen LogP contribution is 2.42. The number of aromatic nitrogens is 3. The molecule has 0 spiro atoms. The summed E-state index contributed by atoms with van der Waals surface area (Å²) in [6.45, 7) is 0.762. The van der Waals surface area contributed by atoms with Crippen LogP contribution in [0.1, 0.15) is 30.0 Å². The van der Waals surface area contributed by atoms with Crippen molar-refractivity contribution in [2.75, 3.05) is 5.73 Å². The fourth-order valence-electron chi connectivity index (χ4n) is 1.83. The van der Waals surface area contributed by atoms with E-state index in [1.165, 1.54) is 18.4 Å². The van der Waals surface area contributed by atoms with Gasteiger partial charge in [-0.15, -0.1) is 16.4 Å². The highest BCUT2D eigenvalue weighted by atomic mass is 79.9. The minimum Gasteiger partial charge on any atom is -0.381 e. The Morgan fingerprint density at radius 2 is 2.38 bits per heavy atom. The molecule has 1 aliphatic carbocycles. The molecular weight excluding hydrogens is 288 g/mol. The lowest BCUT2D eigenvalue weighted by molar-refractivity contribution is 0.620. The molecule has 0 radical (unpaired) electrons. The smallest absolute Gasteiger partial charge is 0.169 e. The molecule has 1 fully saturated rings. The van der Waals surface area contributed by atoms with Gasteiger partial charge >= 0.3 is 0 Å². The van der Waals surface area contributed by atoms with E-state index in [9.17, 15) is 0 Å². The monoisotopic (exact) mass is 298 g/mol. The fraction of sp³-hybridized carbons (Fsp3) is 0.400. The first-order valence-corrected chi connectivity index (χ1v) is 6.83. The molecular formula is C10H11BrN4S. The SMILES string of the molecule is Nc1nnn(Cc2csc(Br)c2)c1C1CC1. The van der Waals surface area contributed by atoms with E-state index in [1.807, 2.05) is 4.68 Å². The Bertz CT molecular complexity index is 515. The Kier molecular flexibility index (Phi) is 2.48. The number of nitrogens with zero attached hydrogens (tertiary/aromatic N) is 3. The summed E-state index contributed by atoms with van der Waals surface area (Å²) in [6, 6.07) is 2.11. The van der Waals surface area contributed by atoms with E-state index in [-0.39, 0.29) is 0 Å². The van der Waals surface area contributed by atoms with Crippen molar-refractivity contribution in [2.24, 2.45) is 0 Å². The van der Waals surface area contributed by atoms with Crippen molar-refractivity contribution < 1.29 is 0 Å². The topological polar surface area (TPSA) is 56.7 Å². The van der Waals surface area contributed by atoms with Crippen LogP contribution in [0.2, 0.25) is 0 Å². The van der Waals surface area contributed by atoms with Gasteiger partial charge in [0.1, 0.15) is 0 Å². The maximum atomic E-state index is 5.84. The Labute approximate surface area is 106 Å². The molecule has 16 heavy (non-hydrogen) atoms. The lowest BCUT2D eigenvalue weighted by atomic mass is 10.2. The van der Waals surface area contributed by atoms with Crippen LogP contribution in [0.3, 0.4) is 0 Å². The number of hydrogen-bond acceptors (Lipinski definition) is 4. The van der Waals surface area contributed by atoms with E-state index < -0.39 is 0 Å². The van der Waals surface area contributed by atoms with Crippen LogP contribution in [-0.4, -0.2) is 15.0 Å². The zero-order chi connectivity index (χ0) is 11.1. The summed E-state index contributed by atoms with van der Waals surface area (Å²) in [5.74, 6) is 1.17. The van der Waals surface area contributed by atoms with Gasteiger partial charge in [0.05, 0.1) is 16.0 Å². The summed E-state index contributed by atoms with van der Waals surface area (Å²) in [5.41, 5.74) is 8.19. The highest BCUT2D eigenvalue weighted by Gasteiger charge is 2.30. The highest BCUT2D eigenvalue weighted by molar-refractivity contribution is 9.11. The van der Waals surface area contributed by atoms with Gasteiger partial charge in [0.15, 0.2) is 5.82 Å². The number of halogens is 1. The molecule has 2 aromatic rings. The molecule has 1 aliphatic rings. The third-order valence-electron chi connectivity index (χ3n) is 2.72. The van der Waals surface area contributed by atoms with Gasteiger partial charge in [-0.3, -0.25) is 0 Å². The molecule has 0 aliphatic heterocycles. The Morgan fingerprint density at radius 3 is 3.00 bits per heavy atom. The number of anilines is 1. The van der Waals surface area contributed by atoms with E-state index in [1.54, 1.807) is 11.3 Å². The van der Waals surface area contributed by atoms with Crippen molar-refractivity contribution in [1.82, 2.24) is 15.0 Å². The van der Waals surface area contributed by atoms with Crippen molar-refractivity contribution in [3.05, 3.63) is 26.5 Å². The van der Waals surface area contributed by atoms with Crippen LogP contribution in [0.25, 0.3) is 0 Å². The van der Waals surface area contributed by atoms with Crippen LogP contribution in [0.5, 0.6) is 0 Å². The van der Waals surface area contributed by atoms with Gasteiger partial charge in [0, 0.05) is 5.92 Å². The quantitative estimate of drug-likeness (QED) is 0.948. The molecule has 0 saturated heterocycles. The lowest BCUT2D eigenvalue weighted by Gasteiger charge is -2.03. The number of nitrogen functional groups attached to an aromatic ring is 1. The molecule has 1 saturated carbocycles. The minimum atomic E-state index is 0.581. The van der Waals surface area contributed by atoms with Crippen molar-refractivity contribution >= 4 is 33.1 Å². The molecule has 6 heteroatoms. The predicted octanol–water partition coefficient (Wildman–Crippen LogP) is 2.61. The first-order chi connectivity index (χ1) is 7.74. The third-order valence-corrected chi connectivity index (χ3v) is 4.27. The van der Waals surface area contributed by atoms with Crippen molar-refractivity contribution in [1.29, 1.82) is 0 Å². The minimum absolute atomic E-state index is 0.581. The second kappa shape index (κ2) is 3.85. The van der Waals surface area contributed by atoms with Crippen LogP contribution in [0.4, 0.5) is 5.82 Å². The van der Waals surface area contributed by atoms with Gasteiger partial charge in [-0.2, -0.15) is 0 Å². The standard InChI is InChI=1S/C10H11BrN4S/c11-8-3-6(5-16-8)4-15-9(7-1-2-7)10(12)13-14-15/h3,5,7H,1-2,4,12H2. The summed E-state index contributed by atoms with van der Waals surface area (Å²) < 4.78 is 3.07. The molecule has 2 N–H and O–H groups in total. The van der Waals surface area contributed by atoms with E-state index >= 15 is 0 Å². The van der Waals surface area contributed by atoms with Gasteiger partial charge in [0.2, 0.25) is 0 Å². The fourth-order valence-corrected chi connectivity index (χ4v) is 3.03. The largest absolute Gasteiger partial charge is 0.381 e. The summed E-state index contributed by atoms with van der Waals surface area (Å²) in [6.07, 6.45) is 2.43. The van der Waals surface area contributed by atoms with Crippen molar-refractivity contribution in [3.8, 4) is 0 Å². The van der Waals surface area contributed by atoms with E-state index in [0.717, 1.165) is 16.0 Å². The number of hydrogen-bond donors (Lipinski definition) is 1. The van der Waals surface area contributed by atoms with E-state index in [0.29, 0.717) is 11.7 Å². The number of nitrogens with two attached hydrogens (primary N) is 1. The molecule has 0 unspecified atom stereocenters. The van der Waals surface area contributed by atoms with Crippen LogP contribution in [0.15, 0.2) is 15.2 Å². The van der Waals surface area contributed by atoms with E-state index in [2.05, 4.69) is 37.7 Å². The summed E-state index contributed by atoms with van der Waals surface area (Å²) >= 11 is 5.14. The maximum absolute atomic E-state index is 5.84. The Hall–Kier alpha value is -0.880. The first kappa shape index (κ1) is 10.3. The van der Waals surface area contributed by atoms with Crippen LogP contribution < -0.4 is 5.73 Å². The average molecular weight is 299 g/mol. The second-order valence-electron chi connectivity index (χ2n) is 4.05. The molecule has 4 nitrogen and oxygen atoms in total. The maximum Gasteiger partial charge on any atom is 0.169 e. The molecule has 3 rings (SSSR count).